The highest BCUT2D eigenvalue weighted by Gasteiger charge is 2.34. The Hall–Kier alpha value is -1.10. The first kappa shape index (κ1) is 16.0. The van der Waals surface area contributed by atoms with Crippen LogP contribution in [0, 0.1) is 5.92 Å². The molecule has 0 radical (unpaired) electrons. The molecule has 1 N–H and O–H groups in total. The van der Waals surface area contributed by atoms with Crippen molar-refractivity contribution in [2.45, 2.75) is 58.7 Å². The van der Waals surface area contributed by atoms with E-state index < -0.39 is 12.1 Å². The lowest BCUT2D eigenvalue weighted by atomic mass is 9.97. The number of carboxylic acid groups (broad SMARTS) is 1. The zero-order valence-electron chi connectivity index (χ0n) is 12.1. The van der Waals surface area contributed by atoms with E-state index in [0.29, 0.717) is 6.54 Å². The van der Waals surface area contributed by atoms with Gasteiger partial charge in [-0.1, -0.05) is 26.7 Å². The summed E-state index contributed by atoms with van der Waals surface area (Å²) in [4.78, 5) is 25.1. The quantitative estimate of drug-likeness (QED) is 0.801. The number of aliphatic carboxylic acids is 1. The lowest BCUT2D eigenvalue weighted by Crippen LogP contribution is -2.53. The van der Waals surface area contributed by atoms with Crippen LogP contribution in [0.2, 0.25) is 0 Å². The number of amides is 1. The third-order valence-corrected chi connectivity index (χ3v) is 3.60. The van der Waals surface area contributed by atoms with Crippen molar-refractivity contribution < 1.29 is 19.4 Å². The number of carboxylic acids is 1. The Morgan fingerprint density at radius 2 is 2.05 bits per heavy atom. The zero-order valence-corrected chi connectivity index (χ0v) is 12.1. The summed E-state index contributed by atoms with van der Waals surface area (Å²) in [6.45, 7) is 6.58. The predicted molar refractivity (Wildman–Crippen MR) is 71.9 cm³/mol. The second-order valence-corrected chi connectivity index (χ2v) is 5.26. The number of nitrogens with zero attached hydrogens (tertiary/aromatic N) is 1. The van der Waals surface area contributed by atoms with Gasteiger partial charge in [0.1, 0.15) is 0 Å². The molecule has 19 heavy (non-hydrogen) atoms. The predicted octanol–water partition coefficient (Wildman–Crippen LogP) is 1.90. The maximum Gasteiger partial charge on any atom is 0.334 e. The van der Waals surface area contributed by atoms with Crippen LogP contribution in [-0.4, -0.2) is 47.2 Å². The summed E-state index contributed by atoms with van der Waals surface area (Å²) < 4.78 is 5.33. The molecule has 0 aromatic carbocycles. The van der Waals surface area contributed by atoms with E-state index in [2.05, 4.69) is 6.92 Å². The minimum absolute atomic E-state index is 0.0136. The lowest BCUT2D eigenvalue weighted by Gasteiger charge is -2.36. The van der Waals surface area contributed by atoms with E-state index in [1.165, 1.54) is 0 Å². The lowest BCUT2D eigenvalue weighted by molar-refractivity contribution is -0.168. The summed E-state index contributed by atoms with van der Waals surface area (Å²) in [7, 11) is 0. The van der Waals surface area contributed by atoms with Crippen LogP contribution < -0.4 is 0 Å². The first-order chi connectivity index (χ1) is 8.99. The Morgan fingerprint density at radius 3 is 2.58 bits per heavy atom. The number of carbonyl (C=O) groups is 2. The van der Waals surface area contributed by atoms with Gasteiger partial charge in [-0.15, -0.1) is 0 Å². The van der Waals surface area contributed by atoms with Crippen molar-refractivity contribution in [2.24, 2.45) is 5.92 Å². The molecule has 3 atom stereocenters. The molecule has 1 rings (SSSR count). The molecule has 1 amide bonds. The molecule has 1 aliphatic heterocycles. The molecule has 0 aliphatic carbocycles. The monoisotopic (exact) mass is 271 g/mol. The number of hydrogen-bond donors (Lipinski definition) is 1. The number of carbonyl (C=O) groups excluding carboxylic acids is 1. The summed E-state index contributed by atoms with van der Waals surface area (Å²) in [5, 5.41) is 9.03. The van der Waals surface area contributed by atoms with Crippen LogP contribution in [0.5, 0.6) is 0 Å². The molecular weight excluding hydrogens is 246 g/mol. The van der Waals surface area contributed by atoms with Gasteiger partial charge in [-0.05, 0) is 19.8 Å². The Labute approximate surface area is 114 Å². The molecule has 1 fully saturated rings. The normalized spacial score (nSPS) is 25.1. The molecule has 110 valence electrons. The second-order valence-electron chi connectivity index (χ2n) is 5.26. The number of ether oxygens (including phenoxy) is 1. The maximum absolute atomic E-state index is 12.4. The first-order valence-electron chi connectivity index (χ1n) is 7.16. The molecule has 2 unspecified atom stereocenters. The van der Waals surface area contributed by atoms with Crippen LogP contribution in [0.4, 0.5) is 0 Å². The van der Waals surface area contributed by atoms with E-state index in [1.807, 2.05) is 13.8 Å². The molecule has 0 aromatic heterocycles. The summed E-state index contributed by atoms with van der Waals surface area (Å²) in [6, 6.07) is 0. The van der Waals surface area contributed by atoms with Gasteiger partial charge in [0.2, 0.25) is 5.91 Å². The van der Waals surface area contributed by atoms with Gasteiger partial charge < -0.3 is 14.7 Å². The van der Waals surface area contributed by atoms with Crippen LogP contribution in [0.1, 0.15) is 46.5 Å². The average Bonchev–Trinajstić information content (AvgIpc) is 2.38. The maximum atomic E-state index is 12.4. The van der Waals surface area contributed by atoms with Crippen LogP contribution in [0.3, 0.4) is 0 Å². The molecule has 0 bridgehead atoms. The highest BCUT2D eigenvalue weighted by Crippen LogP contribution is 2.19. The summed E-state index contributed by atoms with van der Waals surface area (Å²) >= 11 is 0. The number of morpholine rings is 1. The minimum Gasteiger partial charge on any atom is -0.479 e. The SMILES string of the molecule is CCCCC(CC)C(=O)N1CC(C(=O)O)O[C@H](C)C1. The Bertz CT molecular complexity index is 319. The van der Waals surface area contributed by atoms with Crippen molar-refractivity contribution in [3.63, 3.8) is 0 Å². The third-order valence-electron chi connectivity index (χ3n) is 3.60. The van der Waals surface area contributed by atoms with Gasteiger partial charge in [0.25, 0.3) is 0 Å². The fourth-order valence-corrected chi connectivity index (χ4v) is 2.48. The number of hydrogen-bond acceptors (Lipinski definition) is 3. The largest absolute Gasteiger partial charge is 0.479 e. The van der Waals surface area contributed by atoms with Crippen LogP contribution in [-0.2, 0) is 14.3 Å². The van der Waals surface area contributed by atoms with Crippen molar-refractivity contribution in [3.8, 4) is 0 Å². The van der Waals surface area contributed by atoms with E-state index in [4.69, 9.17) is 9.84 Å². The van der Waals surface area contributed by atoms with E-state index >= 15 is 0 Å². The van der Waals surface area contributed by atoms with E-state index in [-0.39, 0.29) is 24.5 Å². The smallest absolute Gasteiger partial charge is 0.334 e. The number of rotatable bonds is 6. The molecule has 5 nitrogen and oxygen atoms in total. The molecule has 0 saturated carbocycles. The molecular formula is C14H25NO4. The van der Waals surface area contributed by atoms with Crippen molar-refractivity contribution in [1.82, 2.24) is 4.90 Å². The summed E-state index contributed by atoms with van der Waals surface area (Å²) in [6.07, 6.45) is 2.68. The molecule has 5 heteroatoms. The second kappa shape index (κ2) is 7.48. The molecule has 1 saturated heterocycles. The minimum atomic E-state index is -0.994. The van der Waals surface area contributed by atoms with Gasteiger partial charge in [-0.25, -0.2) is 4.79 Å². The van der Waals surface area contributed by atoms with E-state index in [1.54, 1.807) is 4.90 Å². The number of unbranched alkanes of at least 4 members (excludes halogenated alkanes) is 1. The third kappa shape index (κ3) is 4.49. The fourth-order valence-electron chi connectivity index (χ4n) is 2.48. The van der Waals surface area contributed by atoms with Gasteiger partial charge in [-0.2, -0.15) is 0 Å². The molecule has 0 aromatic rings. The highest BCUT2D eigenvalue weighted by molar-refractivity contribution is 5.80. The highest BCUT2D eigenvalue weighted by atomic mass is 16.5. The van der Waals surface area contributed by atoms with Gasteiger partial charge >= 0.3 is 5.97 Å². The Morgan fingerprint density at radius 1 is 1.37 bits per heavy atom. The Kier molecular flexibility index (Phi) is 6.28. The van der Waals surface area contributed by atoms with Gasteiger partial charge in [0.05, 0.1) is 12.6 Å². The van der Waals surface area contributed by atoms with Crippen molar-refractivity contribution in [2.75, 3.05) is 13.1 Å². The topological polar surface area (TPSA) is 66.8 Å². The van der Waals surface area contributed by atoms with Gasteiger partial charge in [-0.3, -0.25) is 4.79 Å². The van der Waals surface area contributed by atoms with E-state index in [9.17, 15) is 9.59 Å². The average molecular weight is 271 g/mol. The van der Waals surface area contributed by atoms with Crippen LogP contribution >= 0.6 is 0 Å². The fraction of sp³-hybridized carbons (Fsp3) is 0.857. The summed E-state index contributed by atoms with van der Waals surface area (Å²) in [5.41, 5.74) is 0. The molecule has 1 aliphatic rings. The van der Waals surface area contributed by atoms with Gasteiger partial charge in [0, 0.05) is 12.5 Å². The molecule has 0 spiro atoms. The van der Waals surface area contributed by atoms with Crippen LogP contribution in [0.25, 0.3) is 0 Å². The molecule has 1 heterocycles. The first-order valence-corrected chi connectivity index (χ1v) is 7.16. The zero-order chi connectivity index (χ0) is 14.4. The van der Waals surface area contributed by atoms with E-state index in [0.717, 1.165) is 25.7 Å². The Balaban J connectivity index is 2.65. The summed E-state index contributed by atoms with van der Waals surface area (Å²) in [5.74, 6) is -0.900. The van der Waals surface area contributed by atoms with Crippen molar-refractivity contribution in [3.05, 3.63) is 0 Å². The van der Waals surface area contributed by atoms with Crippen molar-refractivity contribution in [1.29, 1.82) is 0 Å². The van der Waals surface area contributed by atoms with Gasteiger partial charge in [0.15, 0.2) is 6.10 Å². The van der Waals surface area contributed by atoms with Crippen LogP contribution in [0.15, 0.2) is 0 Å². The standard InChI is InChI=1S/C14H25NO4/c1-4-6-7-11(5-2)13(16)15-8-10(3)19-12(9-15)14(17)18/h10-12H,4-9H2,1-3H3,(H,17,18)/t10-,11?,12?/m1/s1. The van der Waals surface area contributed by atoms with Crippen molar-refractivity contribution >= 4 is 11.9 Å².